The number of anilines is 2. The van der Waals surface area contributed by atoms with E-state index < -0.39 is 0 Å². The van der Waals surface area contributed by atoms with Gasteiger partial charge in [-0.25, -0.2) is 4.79 Å². The SMILES string of the molecule is COc1ccccc1NC(=O)Nc1[nH]ncc1C. The number of carbonyl (C=O) groups excluding carboxylic acids is 1. The number of ether oxygens (including phenoxy) is 1. The van der Waals surface area contributed by atoms with Crippen molar-refractivity contribution in [1.29, 1.82) is 0 Å². The van der Waals surface area contributed by atoms with E-state index in [4.69, 9.17) is 4.74 Å². The van der Waals surface area contributed by atoms with Gasteiger partial charge in [0.1, 0.15) is 11.6 Å². The summed E-state index contributed by atoms with van der Waals surface area (Å²) in [5, 5.41) is 11.9. The minimum atomic E-state index is -0.355. The lowest BCUT2D eigenvalue weighted by molar-refractivity contribution is 0.262. The summed E-state index contributed by atoms with van der Waals surface area (Å²) in [4.78, 5) is 11.8. The molecule has 94 valence electrons. The Morgan fingerprint density at radius 1 is 1.33 bits per heavy atom. The van der Waals surface area contributed by atoms with Crippen LogP contribution in [0, 0.1) is 6.92 Å². The van der Waals surface area contributed by atoms with Gasteiger partial charge in [0.05, 0.1) is 19.0 Å². The van der Waals surface area contributed by atoms with Crippen molar-refractivity contribution in [3.05, 3.63) is 36.0 Å². The molecule has 18 heavy (non-hydrogen) atoms. The van der Waals surface area contributed by atoms with Gasteiger partial charge in [0.2, 0.25) is 0 Å². The molecule has 1 aromatic carbocycles. The fraction of sp³-hybridized carbons (Fsp3) is 0.167. The van der Waals surface area contributed by atoms with E-state index in [1.54, 1.807) is 25.4 Å². The van der Waals surface area contributed by atoms with E-state index in [0.717, 1.165) is 5.56 Å². The van der Waals surface area contributed by atoms with Crippen molar-refractivity contribution in [2.75, 3.05) is 17.7 Å². The Morgan fingerprint density at radius 3 is 2.78 bits per heavy atom. The molecule has 3 N–H and O–H groups in total. The van der Waals surface area contributed by atoms with E-state index in [1.807, 2.05) is 19.1 Å². The second-order valence-corrected chi connectivity index (χ2v) is 3.71. The molecule has 1 aromatic heterocycles. The lowest BCUT2D eigenvalue weighted by Gasteiger charge is -2.10. The van der Waals surface area contributed by atoms with Gasteiger partial charge in [-0.1, -0.05) is 12.1 Å². The van der Waals surface area contributed by atoms with Crippen LogP contribution in [0.1, 0.15) is 5.56 Å². The van der Waals surface area contributed by atoms with Crippen LogP contribution in [-0.4, -0.2) is 23.3 Å². The highest BCUT2D eigenvalue weighted by molar-refractivity contribution is 6.00. The number of nitrogens with one attached hydrogen (secondary N) is 3. The van der Waals surface area contributed by atoms with Crippen molar-refractivity contribution in [3.8, 4) is 5.75 Å². The van der Waals surface area contributed by atoms with E-state index in [0.29, 0.717) is 17.3 Å². The van der Waals surface area contributed by atoms with Gasteiger partial charge in [0.25, 0.3) is 0 Å². The van der Waals surface area contributed by atoms with Crippen LogP contribution in [0.15, 0.2) is 30.5 Å². The van der Waals surface area contributed by atoms with Gasteiger partial charge >= 0.3 is 6.03 Å². The Labute approximate surface area is 104 Å². The minimum absolute atomic E-state index is 0.355. The lowest BCUT2D eigenvalue weighted by atomic mass is 10.3. The van der Waals surface area contributed by atoms with Gasteiger partial charge in [0.15, 0.2) is 0 Å². The van der Waals surface area contributed by atoms with E-state index in [1.165, 1.54) is 0 Å². The van der Waals surface area contributed by atoms with Gasteiger partial charge in [-0.3, -0.25) is 10.4 Å². The number of nitrogens with zero attached hydrogens (tertiary/aromatic N) is 1. The van der Waals surface area contributed by atoms with Crippen molar-refractivity contribution in [1.82, 2.24) is 10.2 Å². The van der Waals surface area contributed by atoms with Crippen molar-refractivity contribution in [3.63, 3.8) is 0 Å². The quantitative estimate of drug-likeness (QED) is 0.777. The van der Waals surface area contributed by atoms with Crippen molar-refractivity contribution in [2.24, 2.45) is 0 Å². The molecule has 0 radical (unpaired) electrons. The zero-order chi connectivity index (χ0) is 13.0. The number of benzene rings is 1. The second-order valence-electron chi connectivity index (χ2n) is 3.71. The number of hydrogen-bond acceptors (Lipinski definition) is 3. The predicted octanol–water partition coefficient (Wildman–Crippen LogP) is 2.37. The predicted molar refractivity (Wildman–Crippen MR) is 69.0 cm³/mol. The smallest absolute Gasteiger partial charge is 0.324 e. The maximum atomic E-state index is 11.8. The molecule has 0 aliphatic carbocycles. The summed E-state index contributed by atoms with van der Waals surface area (Å²) < 4.78 is 5.14. The number of para-hydroxylation sites is 2. The molecule has 0 saturated carbocycles. The van der Waals surface area contributed by atoms with Gasteiger partial charge in [-0.2, -0.15) is 5.10 Å². The van der Waals surface area contributed by atoms with E-state index in [2.05, 4.69) is 20.8 Å². The molecule has 6 heteroatoms. The molecule has 0 aliphatic rings. The lowest BCUT2D eigenvalue weighted by Crippen LogP contribution is -2.20. The zero-order valence-electron chi connectivity index (χ0n) is 10.2. The van der Waals surface area contributed by atoms with Gasteiger partial charge < -0.3 is 10.1 Å². The summed E-state index contributed by atoms with van der Waals surface area (Å²) in [6, 6.07) is 6.84. The number of carbonyl (C=O) groups is 1. The number of rotatable bonds is 3. The normalized spacial score (nSPS) is 9.89. The molecule has 0 bridgehead atoms. The zero-order valence-corrected chi connectivity index (χ0v) is 10.2. The summed E-state index contributed by atoms with van der Waals surface area (Å²) in [6.45, 7) is 1.85. The number of aryl methyl sites for hydroxylation is 1. The first-order chi connectivity index (χ1) is 8.70. The standard InChI is InChI=1S/C12H14N4O2/c1-8-7-13-16-11(8)15-12(17)14-9-5-3-4-6-10(9)18-2/h3-7H,1-2H3,(H3,13,14,15,16,17). The Bertz CT molecular complexity index is 551. The third kappa shape index (κ3) is 2.60. The fourth-order valence-corrected chi connectivity index (χ4v) is 1.49. The molecule has 2 amide bonds. The first kappa shape index (κ1) is 12.0. The Morgan fingerprint density at radius 2 is 2.11 bits per heavy atom. The number of aromatic nitrogens is 2. The van der Waals surface area contributed by atoms with Gasteiger partial charge in [-0.15, -0.1) is 0 Å². The largest absolute Gasteiger partial charge is 0.495 e. The Kier molecular flexibility index (Phi) is 3.47. The topological polar surface area (TPSA) is 79.0 Å². The molecule has 0 spiro atoms. The molecule has 1 heterocycles. The number of hydrogen-bond donors (Lipinski definition) is 3. The highest BCUT2D eigenvalue weighted by Crippen LogP contribution is 2.23. The van der Waals surface area contributed by atoms with Crippen LogP contribution in [0.3, 0.4) is 0 Å². The van der Waals surface area contributed by atoms with Crippen LogP contribution in [0.2, 0.25) is 0 Å². The molecular formula is C12H14N4O2. The van der Waals surface area contributed by atoms with E-state index in [-0.39, 0.29) is 6.03 Å². The number of urea groups is 1. The Hall–Kier alpha value is -2.50. The average Bonchev–Trinajstić information content (AvgIpc) is 2.75. The van der Waals surface area contributed by atoms with E-state index in [9.17, 15) is 4.79 Å². The van der Waals surface area contributed by atoms with Crippen molar-refractivity contribution in [2.45, 2.75) is 6.92 Å². The Balaban J connectivity index is 2.05. The maximum Gasteiger partial charge on any atom is 0.324 e. The fourth-order valence-electron chi connectivity index (χ4n) is 1.49. The minimum Gasteiger partial charge on any atom is -0.495 e. The molecule has 0 saturated heterocycles. The number of amides is 2. The van der Waals surface area contributed by atoms with Crippen molar-refractivity contribution >= 4 is 17.5 Å². The number of methoxy groups -OCH3 is 1. The maximum absolute atomic E-state index is 11.8. The molecular weight excluding hydrogens is 232 g/mol. The van der Waals surface area contributed by atoms with E-state index >= 15 is 0 Å². The molecule has 2 aromatic rings. The first-order valence-electron chi connectivity index (χ1n) is 5.41. The van der Waals surface area contributed by atoms with Crippen LogP contribution in [0.25, 0.3) is 0 Å². The summed E-state index contributed by atoms with van der Waals surface area (Å²) in [6.07, 6.45) is 1.64. The monoisotopic (exact) mass is 246 g/mol. The highest BCUT2D eigenvalue weighted by Gasteiger charge is 2.08. The summed E-state index contributed by atoms with van der Waals surface area (Å²) in [7, 11) is 1.55. The molecule has 0 unspecified atom stereocenters. The van der Waals surface area contributed by atoms with Crippen LogP contribution < -0.4 is 15.4 Å². The highest BCUT2D eigenvalue weighted by atomic mass is 16.5. The van der Waals surface area contributed by atoms with Gasteiger partial charge in [0, 0.05) is 5.56 Å². The summed E-state index contributed by atoms with van der Waals surface area (Å²) >= 11 is 0. The molecule has 0 aliphatic heterocycles. The van der Waals surface area contributed by atoms with Crippen LogP contribution in [0.4, 0.5) is 16.3 Å². The van der Waals surface area contributed by atoms with Crippen molar-refractivity contribution < 1.29 is 9.53 Å². The number of aromatic amines is 1. The van der Waals surface area contributed by atoms with Crippen LogP contribution >= 0.6 is 0 Å². The molecule has 6 nitrogen and oxygen atoms in total. The van der Waals surface area contributed by atoms with Crippen LogP contribution in [0.5, 0.6) is 5.75 Å². The molecule has 2 rings (SSSR count). The first-order valence-corrected chi connectivity index (χ1v) is 5.41. The molecule has 0 atom stereocenters. The second kappa shape index (κ2) is 5.22. The van der Waals surface area contributed by atoms with Gasteiger partial charge in [-0.05, 0) is 19.1 Å². The third-order valence-corrected chi connectivity index (χ3v) is 2.42. The number of H-pyrrole nitrogens is 1. The van der Waals surface area contributed by atoms with Crippen LogP contribution in [-0.2, 0) is 0 Å². The molecule has 0 fully saturated rings. The average molecular weight is 246 g/mol. The summed E-state index contributed by atoms with van der Waals surface area (Å²) in [5.74, 6) is 1.18. The summed E-state index contributed by atoms with van der Waals surface area (Å²) in [5.41, 5.74) is 1.47. The third-order valence-electron chi connectivity index (χ3n) is 2.42.